The molecule has 6 heteroatoms. The Balaban J connectivity index is 2.12. The van der Waals surface area contributed by atoms with E-state index in [-0.39, 0.29) is 11.9 Å². The molecular weight excluding hydrogens is 266 g/mol. The van der Waals surface area contributed by atoms with Crippen LogP contribution in [0.2, 0.25) is 0 Å². The first-order valence-electron chi connectivity index (χ1n) is 7.39. The molecule has 1 saturated heterocycles. The molecule has 2 rings (SSSR count). The van der Waals surface area contributed by atoms with E-state index in [1.807, 2.05) is 13.0 Å². The minimum absolute atomic E-state index is 0.00859. The molecule has 0 spiro atoms. The summed E-state index contributed by atoms with van der Waals surface area (Å²) in [5, 5.41) is 0. The molecule has 1 aliphatic rings. The molecule has 1 atom stereocenters. The van der Waals surface area contributed by atoms with Gasteiger partial charge in [0.25, 0.3) is 5.91 Å². The Labute approximate surface area is 126 Å². The maximum absolute atomic E-state index is 12.4. The molecule has 0 radical (unpaired) electrons. The van der Waals surface area contributed by atoms with Crippen LogP contribution in [0.1, 0.15) is 17.3 Å². The van der Waals surface area contributed by atoms with Crippen LogP contribution in [0.3, 0.4) is 0 Å². The summed E-state index contributed by atoms with van der Waals surface area (Å²) in [6.45, 7) is 6.32. The van der Waals surface area contributed by atoms with Crippen molar-refractivity contribution in [3.05, 3.63) is 23.9 Å². The lowest BCUT2D eigenvalue weighted by molar-refractivity contribution is 0.0748. The Hall–Kier alpha value is -1.66. The Morgan fingerprint density at radius 3 is 2.71 bits per heavy atom. The number of anilines is 1. The number of carbonyl (C=O) groups is 1. The first kappa shape index (κ1) is 15.7. The van der Waals surface area contributed by atoms with Crippen molar-refractivity contribution in [3.8, 4) is 0 Å². The fraction of sp³-hybridized carbons (Fsp3) is 0.600. The van der Waals surface area contributed by atoms with Gasteiger partial charge in [-0.25, -0.2) is 4.98 Å². The lowest BCUT2D eigenvalue weighted by Crippen LogP contribution is -2.45. The molecule has 1 aromatic rings. The molecule has 2 heterocycles. The van der Waals surface area contributed by atoms with Crippen molar-refractivity contribution in [2.24, 2.45) is 5.73 Å². The van der Waals surface area contributed by atoms with Crippen LogP contribution in [0.4, 0.5) is 5.82 Å². The van der Waals surface area contributed by atoms with Gasteiger partial charge in [0.15, 0.2) is 0 Å². The number of nitrogens with zero attached hydrogens (tertiary/aromatic N) is 4. The molecule has 0 bridgehead atoms. The summed E-state index contributed by atoms with van der Waals surface area (Å²) in [6.07, 6.45) is 1.71. The van der Waals surface area contributed by atoms with Crippen LogP contribution in [-0.4, -0.2) is 73.6 Å². The van der Waals surface area contributed by atoms with E-state index in [9.17, 15) is 4.79 Å². The number of nitrogens with two attached hydrogens (primary N) is 1. The van der Waals surface area contributed by atoms with Crippen molar-refractivity contribution >= 4 is 11.7 Å². The second kappa shape index (κ2) is 6.87. The van der Waals surface area contributed by atoms with E-state index in [0.717, 1.165) is 32.0 Å². The van der Waals surface area contributed by atoms with Crippen molar-refractivity contribution in [1.29, 1.82) is 0 Å². The van der Waals surface area contributed by atoms with Gasteiger partial charge in [-0.1, -0.05) is 0 Å². The minimum Gasteiger partial charge on any atom is -0.354 e. The summed E-state index contributed by atoms with van der Waals surface area (Å²) in [6, 6.07) is 3.67. The average molecular weight is 291 g/mol. The second-order valence-electron chi connectivity index (χ2n) is 5.69. The Morgan fingerprint density at radius 2 is 2.10 bits per heavy atom. The van der Waals surface area contributed by atoms with Gasteiger partial charge in [0.2, 0.25) is 0 Å². The van der Waals surface area contributed by atoms with Crippen LogP contribution >= 0.6 is 0 Å². The summed E-state index contributed by atoms with van der Waals surface area (Å²) >= 11 is 0. The summed E-state index contributed by atoms with van der Waals surface area (Å²) in [5.41, 5.74) is 6.30. The Kier molecular flexibility index (Phi) is 5.14. The van der Waals surface area contributed by atoms with Gasteiger partial charge in [0.1, 0.15) is 5.82 Å². The van der Waals surface area contributed by atoms with Crippen LogP contribution in [0.15, 0.2) is 18.3 Å². The molecule has 0 aromatic carbocycles. The zero-order chi connectivity index (χ0) is 15.4. The number of rotatable bonds is 4. The summed E-state index contributed by atoms with van der Waals surface area (Å²) in [4.78, 5) is 23.1. The highest BCUT2D eigenvalue weighted by Gasteiger charge is 2.19. The number of aromatic nitrogens is 1. The fourth-order valence-corrected chi connectivity index (χ4v) is 2.32. The highest BCUT2D eigenvalue weighted by atomic mass is 16.2. The molecule has 1 aliphatic heterocycles. The molecule has 6 nitrogen and oxygen atoms in total. The van der Waals surface area contributed by atoms with Crippen molar-refractivity contribution in [3.63, 3.8) is 0 Å². The molecule has 2 N–H and O–H groups in total. The first-order valence-corrected chi connectivity index (χ1v) is 7.39. The zero-order valence-corrected chi connectivity index (χ0v) is 13.1. The van der Waals surface area contributed by atoms with Crippen LogP contribution in [0, 0.1) is 0 Å². The van der Waals surface area contributed by atoms with Crippen molar-refractivity contribution in [2.45, 2.75) is 13.0 Å². The third-order valence-electron chi connectivity index (χ3n) is 4.14. The van der Waals surface area contributed by atoms with Crippen LogP contribution in [0.25, 0.3) is 0 Å². The molecule has 21 heavy (non-hydrogen) atoms. The first-order chi connectivity index (χ1) is 10.0. The number of pyridine rings is 1. The number of likely N-dealkylation sites (N-methyl/N-ethyl adjacent to an activating group) is 2. The standard InChI is InChI=1S/C15H25N5O/c1-12(11-16)19(3)15(21)13-4-5-17-14(10-13)20-8-6-18(2)7-9-20/h4-5,10,12H,6-9,11,16H2,1-3H3. The van der Waals surface area contributed by atoms with Crippen molar-refractivity contribution in [2.75, 3.05) is 51.7 Å². The van der Waals surface area contributed by atoms with Gasteiger partial charge in [-0.2, -0.15) is 0 Å². The number of piperazine rings is 1. The summed E-state index contributed by atoms with van der Waals surface area (Å²) < 4.78 is 0. The molecule has 0 aliphatic carbocycles. The van der Waals surface area contributed by atoms with E-state index in [2.05, 4.69) is 21.8 Å². The third-order valence-corrected chi connectivity index (χ3v) is 4.14. The van der Waals surface area contributed by atoms with Gasteiger partial charge in [-0.3, -0.25) is 4.79 Å². The second-order valence-corrected chi connectivity index (χ2v) is 5.69. The molecular formula is C15H25N5O. The van der Waals surface area contributed by atoms with Gasteiger partial charge in [0, 0.05) is 57.6 Å². The van der Waals surface area contributed by atoms with Crippen LogP contribution in [-0.2, 0) is 0 Å². The van der Waals surface area contributed by atoms with Crippen molar-refractivity contribution in [1.82, 2.24) is 14.8 Å². The van der Waals surface area contributed by atoms with Gasteiger partial charge >= 0.3 is 0 Å². The average Bonchev–Trinajstić information content (AvgIpc) is 2.53. The van der Waals surface area contributed by atoms with Gasteiger partial charge in [-0.05, 0) is 26.1 Å². The van der Waals surface area contributed by atoms with Gasteiger partial charge in [-0.15, -0.1) is 0 Å². The van der Waals surface area contributed by atoms with E-state index >= 15 is 0 Å². The molecule has 0 saturated carbocycles. The monoisotopic (exact) mass is 291 g/mol. The number of amides is 1. The highest BCUT2D eigenvalue weighted by molar-refractivity contribution is 5.94. The third kappa shape index (κ3) is 3.71. The van der Waals surface area contributed by atoms with Crippen LogP contribution in [0.5, 0.6) is 0 Å². The Bertz CT molecular complexity index is 485. The SMILES string of the molecule is CC(CN)N(C)C(=O)c1ccnc(N2CCN(C)CC2)c1. The van der Waals surface area contributed by atoms with E-state index in [1.54, 1.807) is 24.2 Å². The summed E-state index contributed by atoms with van der Waals surface area (Å²) in [7, 11) is 3.91. The lowest BCUT2D eigenvalue weighted by atomic mass is 10.2. The molecule has 116 valence electrons. The molecule has 1 amide bonds. The molecule has 1 unspecified atom stereocenters. The van der Waals surface area contributed by atoms with Gasteiger partial charge in [0.05, 0.1) is 0 Å². The smallest absolute Gasteiger partial charge is 0.254 e. The normalized spacial score (nSPS) is 17.6. The van der Waals surface area contributed by atoms with Gasteiger partial charge < -0.3 is 20.4 Å². The maximum atomic E-state index is 12.4. The van der Waals surface area contributed by atoms with E-state index in [4.69, 9.17) is 5.73 Å². The topological polar surface area (TPSA) is 65.7 Å². The van der Waals surface area contributed by atoms with Crippen molar-refractivity contribution < 1.29 is 4.79 Å². The quantitative estimate of drug-likeness (QED) is 0.861. The predicted molar refractivity (Wildman–Crippen MR) is 84.6 cm³/mol. The highest BCUT2D eigenvalue weighted by Crippen LogP contribution is 2.16. The summed E-state index contributed by atoms with van der Waals surface area (Å²) in [5.74, 6) is 0.869. The Morgan fingerprint density at radius 1 is 1.43 bits per heavy atom. The van der Waals surface area contributed by atoms with E-state index in [0.29, 0.717) is 12.1 Å². The lowest BCUT2D eigenvalue weighted by Gasteiger charge is -2.33. The largest absolute Gasteiger partial charge is 0.354 e. The number of hydrogen-bond acceptors (Lipinski definition) is 5. The number of carbonyl (C=O) groups excluding carboxylic acids is 1. The predicted octanol–water partition coefficient (Wildman–Crippen LogP) is 0.253. The fourth-order valence-electron chi connectivity index (χ4n) is 2.32. The zero-order valence-electron chi connectivity index (χ0n) is 13.1. The van der Waals surface area contributed by atoms with E-state index < -0.39 is 0 Å². The van der Waals surface area contributed by atoms with E-state index in [1.165, 1.54) is 0 Å². The maximum Gasteiger partial charge on any atom is 0.254 e. The van der Waals surface area contributed by atoms with Crippen LogP contribution < -0.4 is 10.6 Å². The number of hydrogen-bond donors (Lipinski definition) is 1. The molecule has 1 aromatic heterocycles. The molecule has 1 fully saturated rings. The minimum atomic E-state index is -0.00859.